The summed E-state index contributed by atoms with van der Waals surface area (Å²) in [6.45, 7) is 4.85. The van der Waals surface area contributed by atoms with Crippen molar-refractivity contribution in [2.75, 3.05) is 11.1 Å². The second-order valence-electron chi connectivity index (χ2n) is 8.63. The standard InChI is InChI=1S/C27H31N3O2S2/c1-3-4-8-21-11-13-22(14-12-21)28-24(31)18-33-27-29-23-17-19(2)34-25(23)26(32)30(27)16-15-20-9-6-5-7-10-20/h5-7,9-14,19H,3-4,8,15-18H2,1-2H3,(H,28,31). The molecule has 1 unspecified atom stereocenters. The Labute approximate surface area is 209 Å². The smallest absolute Gasteiger partial charge is 0.268 e. The number of carbonyl (C=O) groups excluding carboxylic acids is 1. The van der Waals surface area contributed by atoms with Gasteiger partial charge in [-0.3, -0.25) is 14.2 Å². The fraction of sp³-hybridized carbons (Fsp3) is 0.370. The summed E-state index contributed by atoms with van der Waals surface area (Å²) in [5.74, 6) is 0.107. The number of aryl methyl sites for hydroxylation is 2. The van der Waals surface area contributed by atoms with Gasteiger partial charge >= 0.3 is 0 Å². The van der Waals surface area contributed by atoms with Gasteiger partial charge in [0.15, 0.2) is 5.16 Å². The number of rotatable bonds is 10. The van der Waals surface area contributed by atoms with Crippen LogP contribution in [0.5, 0.6) is 0 Å². The zero-order chi connectivity index (χ0) is 23.9. The molecule has 1 amide bonds. The van der Waals surface area contributed by atoms with Crippen LogP contribution >= 0.6 is 23.5 Å². The number of unbranched alkanes of at least 4 members (excludes halogenated alkanes) is 1. The van der Waals surface area contributed by atoms with Crippen LogP contribution in [0, 0.1) is 0 Å². The third-order valence-electron chi connectivity index (χ3n) is 5.82. The first-order valence-corrected chi connectivity index (χ1v) is 13.8. The van der Waals surface area contributed by atoms with Gasteiger partial charge in [-0.1, -0.05) is 74.5 Å². The number of hydrogen-bond acceptors (Lipinski definition) is 5. The number of nitrogens with one attached hydrogen (secondary N) is 1. The first-order chi connectivity index (χ1) is 16.5. The second kappa shape index (κ2) is 11.8. The maximum Gasteiger partial charge on any atom is 0.268 e. The number of anilines is 1. The molecule has 1 aliphatic rings. The highest BCUT2D eigenvalue weighted by Gasteiger charge is 2.26. The van der Waals surface area contributed by atoms with Crippen molar-refractivity contribution in [3.05, 3.63) is 81.8 Å². The molecule has 4 rings (SSSR count). The topological polar surface area (TPSA) is 64.0 Å². The molecule has 7 heteroatoms. The van der Waals surface area contributed by atoms with Gasteiger partial charge in [-0.25, -0.2) is 4.98 Å². The molecule has 1 N–H and O–H groups in total. The Hall–Kier alpha value is -2.51. The molecule has 0 spiro atoms. The van der Waals surface area contributed by atoms with Gasteiger partial charge in [-0.2, -0.15) is 0 Å². The van der Waals surface area contributed by atoms with Crippen LogP contribution < -0.4 is 10.9 Å². The molecule has 0 fully saturated rings. The van der Waals surface area contributed by atoms with Crippen molar-refractivity contribution < 1.29 is 4.79 Å². The minimum Gasteiger partial charge on any atom is -0.325 e. The number of nitrogens with zero attached hydrogens (tertiary/aromatic N) is 2. The minimum absolute atomic E-state index is 0.0147. The lowest BCUT2D eigenvalue weighted by atomic mass is 10.1. The molecule has 0 radical (unpaired) electrons. The fourth-order valence-corrected chi connectivity index (χ4v) is 5.94. The summed E-state index contributed by atoms with van der Waals surface area (Å²) in [5.41, 5.74) is 4.13. The Morgan fingerprint density at radius 1 is 1.12 bits per heavy atom. The first-order valence-electron chi connectivity index (χ1n) is 11.9. The van der Waals surface area contributed by atoms with Gasteiger partial charge in [0.2, 0.25) is 5.91 Å². The number of aromatic nitrogens is 2. The highest BCUT2D eigenvalue weighted by molar-refractivity contribution is 8.00. The predicted octanol–water partition coefficient (Wildman–Crippen LogP) is 5.60. The average Bonchev–Trinajstić information content (AvgIpc) is 3.23. The summed E-state index contributed by atoms with van der Waals surface area (Å²) < 4.78 is 1.75. The monoisotopic (exact) mass is 493 g/mol. The van der Waals surface area contributed by atoms with Gasteiger partial charge < -0.3 is 5.32 Å². The lowest BCUT2D eigenvalue weighted by Gasteiger charge is -2.14. The molecule has 0 bridgehead atoms. The van der Waals surface area contributed by atoms with E-state index in [2.05, 4.69) is 43.4 Å². The predicted molar refractivity (Wildman–Crippen MR) is 142 cm³/mol. The Kier molecular flexibility index (Phi) is 8.51. The van der Waals surface area contributed by atoms with Crippen LogP contribution in [0.2, 0.25) is 0 Å². The number of amides is 1. The van der Waals surface area contributed by atoms with Crippen molar-refractivity contribution in [2.24, 2.45) is 0 Å². The first kappa shape index (κ1) is 24.6. The van der Waals surface area contributed by atoms with Crippen molar-refractivity contribution in [3.8, 4) is 0 Å². The van der Waals surface area contributed by atoms with Crippen molar-refractivity contribution in [2.45, 2.75) is 67.8 Å². The molecule has 1 aromatic heterocycles. The van der Waals surface area contributed by atoms with Gasteiger partial charge in [-0.05, 0) is 42.5 Å². The number of carbonyl (C=O) groups is 1. The minimum atomic E-state index is -0.0987. The molecule has 1 atom stereocenters. The summed E-state index contributed by atoms with van der Waals surface area (Å²) in [4.78, 5) is 31.5. The highest BCUT2D eigenvalue weighted by atomic mass is 32.2. The normalized spacial score (nSPS) is 14.7. The van der Waals surface area contributed by atoms with Gasteiger partial charge in [0.05, 0.1) is 16.3 Å². The van der Waals surface area contributed by atoms with E-state index < -0.39 is 0 Å². The zero-order valence-electron chi connectivity index (χ0n) is 19.8. The van der Waals surface area contributed by atoms with Crippen molar-refractivity contribution in [3.63, 3.8) is 0 Å². The van der Waals surface area contributed by atoms with Gasteiger partial charge in [0, 0.05) is 23.9 Å². The Bertz CT molecular complexity index is 1180. The quantitative estimate of drug-likeness (QED) is 0.294. The summed E-state index contributed by atoms with van der Waals surface area (Å²) in [5, 5.41) is 3.94. The van der Waals surface area contributed by atoms with E-state index in [9.17, 15) is 9.59 Å². The molecular formula is C27H31N3O2S2. The molecule has 34 heavy (non-hydrogen) atoms. The summed E-state index contributed by atoms with van der Waals surface area (Å²) >= 11 is 2.95. The third kappa shape index (κ3) is 6.33. The van der Waals surface area contributed by atoms with E-state index in [-0.39, 0.29) is 17.2 Å². The number of fused-ring (bicyclic) bond motifs is 1. The van der Waals surface area contributed by atoms with Crippen LogP contribution in [0.3, 0.4) is 0 Å². The van der Waals surface area contributed by atoms with Crippen LogP contribution in [-0.4, -0.2) is 26.5 Å². The molecule has 0 saturated heterocycles. The molecule has 2 heterocycles. The molecule has 0 aliphatic carbocycles. The Morgan fingerprint density at radius 2 is 1.85 bits per heavy atom. The number of hydrogen-bond donors (Lipinski definition) is 1. The SMILES string of the molecule is CCCCc1ccc(NC(=O)CSc2nc3c(c(=O)n2CCc2ccccc2)SC(C)C3)cc1. The van der Waals surface area contributed by atoms with Crippen LogP contribution in [0.4, 0.5) is 5.69 Å². The van der Waals surface area contributed by atoms with E-state index in [0.717, 1.165) is 35.5 Å². The Balaban J connectivity index is 1.45. The maximum atomic E-state index is 13.3. The van der Waals surface area contributed by atoms with E-state index in [1.165, 1.54) is 35.7 Å². The zero-order valence-corrected chi connectivity index (χ0v) is 21.4. The van der Waals surface area contributed by atoms with Gasteiger partial charge in [0.1, 0.15) is 0 Å². The lowest BCUT2D eigenvalue weighted by Crippen LogP contribution is -2.27. The molecule has 0 saturated carbocycles. The molecule has 5 nitrogen and oxygen atoms in total. The van der Waals surface area contributed by atoms with Crippen LogP contribution in [0.1, 0.15) is 43.5 Å². The Morgan fingerprint density at radius 3 is 2.59 bits per heavy atom. The van der Waals surface area contributed by atoms with Crippen molar-refractivity contribution in [1.29, 1.82) is 0 Å². The second-order valence-corrected chi connectivity index (χ2v) is 11.0. The maximum absolute atomic E-state index is 13.3. The fourth-order valence-electron chi connectivity index (χ4n) is 3.99. The van der Waals surface area contributed by atoms with Gasteiger partial charge in [0.25, 0.3) is 5.56 Å². The van der Waals surface area contributed by atoms with E-state index in [4.69, 9.17) is 4.98 Å². The lowest BCUT2D eigenvalue weighted by molar-refractivity contribution is -0.113. The average molecular weight is 494 g/mol. The summed E-state index contributed by atoms with van der Waals surface area (Å²) in [6.07, 6.45) is 4.92. The highest BCUT2D eigenvalue weighted by Crippen LogP contribution is 2.34. The molecule has 3 aromatic rings. The van der Waals surface area contributed by atoms with Gasteiger partial charge in [-0.15, -0.1) is 11.8 Å². The summed E-state index contributed by atoms with van der Waals surface area (Å²) in [7, 11) is 0. The van der Waals surface area contributed by atoms with Crippen molar-refractivity contribution >= 4 is 35.1 Å². The van der Waals surface area contributed by atoms with Crippen molar-refractivity contribution in [1.82, 2.24) is 9.55 Å². The van der Waals surface area contributed by atoms with Crippen LogP contribution in [-0.2, 0) is 30.6 Å². The van der Waals surface area contributed by atoms with Crippen LogP contribution in [0.15, 0.2) is 69.4 Å². The summed E-state index contributed by atoms with van der Waals surface area (Å²) in [6, 6.07) is 18.2. The molecular weight excluding hydrogens is 462 g/mol. The molecule has 2 aromatic carbocycles. The van der Waals surface area contributed by atoms with E-state index >= 15 is 0 Å². The largest absolute Gasteiger partial charge is 0.325 e. The molecule has 178 valence electrons. The van der Waals surface area contributed by atoms with Crippen LogP contribution in [0.25, 0.3) is 0 Å². The van der Waals surface area contributed by atoms with E-state index in [0.29, 0.717) is 17.0 Å². The van der Waals surface area contributed by atoms with E-state index in [1.807, 2.05) is 30.3 Å². The number of benzene rings is 2. The van der Waals surface area contributed by atoms with E-state index in [1.54, 1.807) is 16.3 Å². The third-order valence-corrected chi connectivity index (χ3v) is 8.01. The molecule has 1 aliphatic heterocycles. The number of thioether (sulfide) groups is 2.